The van der Waals surface area contributed by atoms with Crippen LogP contribution in [-0.4, -0.2) is 44.8 Å². The maximum Gasteiger partial charge on any atom is 0.191 e. The van der Waals surface area contributed by atoms with Crippen LogP contribution in [0.2, 0.25) is 0 Å². The van der Waals surface area contributed by atoms with E-state index in [0.717, 1.165) is 61.5 Å². The number of thiazole rings is 1. The molecule has 1 aliphatic rings. The predicted octanol–water partition coefficient (Wildman–Crippen LogP) is 2.08. The normalized spacial score (nSPS) is 16.9. The van der Waals surface area contributed by atoms with Gasteiger partial charge in [-0.2, -0.15) is 5.10 Å². The van der Waals surface area contributed by atoms with Gasteiger partial charge in [-0.3, -0.25) is 4.99 Å². The van der Waals surface area contributed by atoms with Crippen LogP contribution < -0.4 is 10.6 Å². The quantitative estimate of drug-likeness (QED) is 0.394. The molecule has 7 nitrogen and oxygen atoms in total. The summed E-state index contributed by atoms with van der Waals surface area (Å²) in [5.74, 6) is 2.81. The zero-order valence-electron chi connectivity index (χ0n) is 14.9. The molecule has 1 unspecified atom stereocenters. The number of rotatable bonds is 5. The van der Waals surface area contributed by atoms with E-state index in [2.05, 4.69) is 44.5 Å². The van der Waals surface area contributed by atoms with Crippen molar-refractivity contribution in [1.82, 2.24) is 30.4 Å². The van der Waals surface area contributed by atoms with Crippen LogP contribution in [0.5, 0.6) is 0 Å². The first-order chi connectivity index (χ1) is 11.6. The summed E-state index contributed by atoms with van der Waals surface area (Å²) in [5, 5.41) is 12.5. The van der Waals surface area contributed by atoms with Gasteiger partial charge in [-0.1, -0.05) is 0 Å². The molecule has 1 aliphatic heterocycles. The van der Waals surface area contributed by atoms with E-state index in [1.807, 2.05) is 17.8 Å². The highest BCUT2D eigenvalue weighted by atomic mass is 127. The minimum atomic E-state index is 0. The first-order valence-corrected chi connectivity index (χ1v) is 9.32. The molecular weight excluding hydrogens is 449 g/mol. The van der Waals surface area contributed by atoms with Crippen LogP contribution in [0.3, 0.4) is 0 Å². The Labute approximate surface area is 169 Å². The second-order valence-electron chi connectivity index (χ2n) is 6.01. The highest BCUT2D eigenvalue weighted by molar-refractivity contribution is 14.0. The lowest BCUT2D eigenvalue weighted by Crippen LogP contribution is -2.47. The van der Waals surface area contributed by atoms with Gasteiger partial charge in [0.15, 0.2) is 5.96 Å². The van der Waals surface area contributed by atoms with Crippen molar-refractivity contribution >= 4 is 41.3 Å². The SMILES string of the molecule is CCNC(=NCCc1ncc(C)s1)NC1CCc2nc(C)nn2C1.I. The van der Waals surface area contributed by atoms with E-state index in [-0.39, 0.29) is 24.0 Å². The highest BCUT2D eigenvalue weighted by Gasteiger charge is 2.21. The first kappa shape index (κ1) is 20.1. The molecule has 2 aromatic heterocycles. The second kappa shape index (κ2) is 9.46. The Balaban J connectivity index is 0.00000225. The molecule has 2 N–H and O–H groups in total. The summed E-state index contributed by atoms with van der Waals surface area (Å²) in [5.41, 5.74) is 0. The molecule has 25 heavy (non-hydrogen) atoms. The number of fused-ring (bicyclic) bond motifs is 1. The molecule has 1 atom stereocenters. The molecule has 0 fully saturated rings. The fourth-order valence-electron chi connectivity index (χ4n) is 2.85. The van der Waals surface area contributed by atoms with Gasteiger partial charge < -0.3 is 10.6 Å². The van der Waals surface area contributed by atoms with Crippen molar-refractivity contribution in [3.8, 4) is 0 Å². The largest absolute Gasteiger partial charge is 0.357 e. The smallest absolute Gasteiger partial charge is 0.191 e. The molecule has 2 aromatic rings. The van der Waals surface area contributed by atoms with Crippen LogP contribution >= 0.6 is 35.3 Å². The number of aromatic nitrogens is 4. The summed E-state index contributed by atoms with van der Waals surface area (Å²) in [4.78, 5) is 14.8. The molecule has 0 aromatic carbocycles. The van der Waals surface area contributed by atoms with E-state index in [9.17, 15) is 0 Å². The Kier molecular flexibility index (Phi) is 7.60. The van der Waals surface area contributed by atoms with Gasteiger partial charge in [-0.25, -0.2) is 14.6 Å². The topological polar surface area (TPSA) is 80.0 Å². The fourth-order valence-corrected chi connectivity index (χ4v) is 3.62. The molecule has 9 heteroatoms. The summed E-state index contributed by atoms with van der Waals surface area (Å²) in [6, 6.07) is 0.332. The van der Waals surface area contributed by atoms with Gasteiger partial charge in [0.1, 0.15) is 11.6 Å². The molecule has 138 valence electrons. The Morgan fingerprint density at radius 3 is 3.00 bits per heavy atom. The number of guanidine groups is 1. The molecule has 0 spiro atoms. The van der Waals surface area contributed by atoms with Gasteiger partial charge in [-0.05, 0) is 27.2 Å². The van der Waals surface area contributed by atoms with Gasteiger partial charge in [0.25, 0.3) is 0 Å². The van der Waals surface area contributed by atoms with E-state index in [1.165, 1.54) is 4.88 Å². The van der Waals surface area contributed by atoms with Crippen molar-refractivity contribution in [2.45, 2.75) is 52.6 Å². The third-order valence-electron chi connectivity index (χ3n) is 3.91. The maximum absolute atomic E-state index is 4.69. The number of hydrogen-bond donors (Lipinski definition) is 2. The van der Waals surface area contributed by atoms with Gasteiger partial charge in [0, 0.05) is 43.0 Å². The van der Waals surface area contributed by atoms with E-state index < -0.39 is 0 Å². The minimum absolute atomic E-state index is 0. The molecule has 0 saturated heterocycles. The molecule has 0 aliphatic carbocycles. The van der Waals surface area contributed by atoms with Crippen molar-refractivity contribution in [3.05, 3.63) is 27.7 Å². The zero-order chi connectivity index (χ0) is 16.9. The van der Waals surface area contributed by atoms with Crippen molar-refractivity contribution in [3.63, 3.8) is 0 Å². The highest BCUT2D eigenvalue weighted by Crippen LogP contribution is 2.13. The molecule has 3 rings (SSSR count). The summed E-state index contributed by atoms with van der Waals surface area (Å²) >= 11 is 1.74. The number of aliphatic imine (C=N–C) groups is 1. The average molecular weight is 475 g/mol. The molecule has 0 amide bonds. The fraction of sp³-hybridized carbons (Fsp3) is 0.625. The third-order valence-corrected chi connectivity index (χ3v) is 4.89. The van der Waals surface area contributed by atoms with E-state index >= 15 is 0 Å². The molecular formula is C16H26IN7S. The molecule has 0 bridgehead atoms. The van der Waals surface area contributed by atoms with Crippen LogP contribution in [0, 0.1) is 13.8 Å². The van der Waals surface area contributed by atoms with Crippen LogP contribution in [0.15, 0.2) is 11.2 Å². The van der Waals surface area contributed by atoms with Crippen LogP contribution in [0.1, 0.15) is 34.9 Å². The van der Waals surface area contributed by atoms with Crippen molar-refractivity contribution < 1.29 is 0 Å². The van der Waals surface area contributed by atoms with Gasteiger partial charge >= 0.3 is 0 Å². The van der Waals surface area contributed by atoms with E-state index in [1.54, 1.807) is 11.3 Å². The summed E-state index contributed by atoms with van der Waals surface area (Å²) in [6.45, 7) is 8.54. The Bertz CT molecular complexity index is 709. The number of hydrogen-bond acceptors (Lipinski definition) is 5. The zero-order valence-corrected chi connectivity index (χ0v) is 18.1. The Morgan fingerprint density at radius 2 is 2.28 bits per heavy atom. The molecule has 0 saturated carbocycles. The van der Waals surface area contributed by atoms with Gasteiger partial charge in [0.05, 0.1) is 11.6 Å². The lowest BCUT2D eigenvalue weighted by Gasteiger charge is -2.25. The standard InChI is InChI=1S/C16H25N7S.HI/c1-4-17-16(18-8-7-15-19-9-11(2)24-15)21-13-5-6-14-20-12(3)22-23(14)10-13;/h9,13H,4-8,10H2,1-3H3,(H2,17,18,21);1H. The van der Waals surface area contributed by atoms with Crippen molar-refractivity contribution in [1.29, 1.82) is 0 Å². The van der Waals surface area contributed by atoms with Gasteiger partial charge in [-0.15, -0.1) is 35.3 Å². The monoisotopic (exact) mass is 475 g/mol. The number of nitrogens with one attached hydrogen (secondary N) is 2. The van der Waals surface area contributed by atoms with E-state index in [0.29, 0.717) is 6.04 Å². The van der Waals surface area contributed by atoms with Crippen LogP contribution in [0.25, 0.3) is 0 Å². The van der Waals surface area contributed by atoms with Gasteiger partial charge in [0.2, 0.25) is 0 Å². The lowest BCUT2D eigenvalue weighted by atomic mass is 10.1. The molecule has 0 radical (unpaired) electrons. The van der Waals surface area contributed by atoms with Crippen molar-refractivity contribution in [2.75, 3.05) is 13.1 Å². The molecule has 3 heterocycles. The second-order valence-corrected chi connectivity index (χ2v) is 7.33. The Hall–Kier alpha value is -1.23. The van der Waals surface area contributed by atoms with Crippen LogP contribution in [-0.2, 0) is 19.4 Å². The van der Waals surface area contributed by atoms with E-state index in [4.69, 9.17) is 0 Å². The lowest BCUT2D eigenvalue weighted by molar-refractivity contribution is 0.392. The number of aryl methyl sites for hydroxylation is 3. The summed E-state index contributed by atoms with van der Waals surface area (Å²) in [6.07, 6.45) is 4.81. The summed E-state index contributed by atoms with van der Waals surface area (Å²) < 4.78 is 2.01. The number of halogens is 1. The summed E-state index contributed by atoms with van der Waals surface area (Å²) in [7, 11) is 0. The Morgan fingerprint density at radius 1 is 1.44 bits per heavy atom. The third kappa shape index (κ3) is 5.63. The van der Waals surface area contributed by atoms with Crippen molar-refractivity contribution in [2.24, 2.45) is 4.99 Å². The predicted molar refractivity (Wildman–Crippen MR) is 112 cm³/mol. The number of nitrogens with zero attached hydrogens (tertiary/aromatic N) is 5. The first-order valence-electron chi connectivity index (χ1n) is 8.50. The average Bonchev–Trinajstić information content (AvgIpc) is 3.11. The minimum Gasteiger partial charge on any atom is -0.357 e. The maximum atomic E-state index is 4.69. The van der Waals surface area contributed by atoms with Crippen LogP contribution in [0.4, 0.5) is 0 Å².